The Morgan fingerprint density at radius 2 is 2.09 bits per heavy atom. The van der Waals surface area contributed by atoms with Gasteiger partial charge in [-0.15, -0.1) is 0 Å². The normalized spacial score (nSPS) is 16.4. The molecule has 0 radical (unpaired) electrons. The fourth-order valence-corrected chi connectivity index (χ4v) is 3.11. The minimum atomic E-state index is -0.0753. The fourth-order valence-electron chi connectivity index (χ4n) is 3.11. The highest BCUT2D eigenvalue weighted by Crippen LogP contribution is 2.32. The van der Waals surface area contributed by atoms with E-state index < -0.39 is 0 Å². The van der Waals surface area contributed by atoms with Crippen molar-refractivity contribution in [2.45, 2.75) is 39.2 Å². The van der Waals surface area contributed by atoms with E-state index in [1.54, 1.807) is 20.0 Å². The number of carbonyl (C=O) groups is 1. The fraction of sp³-hybridized carbons (Fsp3) is 0.333. The summed E-state index contributed by atoms with van der Waals surface area (Å²) in [6.07, 6.45) is 3.50. The first-order valence-electron chi connectivity index (χ1n) is 7.61. The molecule has 4 nitrogen and oxygen atoms in total. The Morgan fingerprint density at radius 3 is 2.91 bits per heavy atom. The van der Waals surface area contributed by atoms with E-state index in [1.807, 2.05) is 18.2 Å². The van der Waals surface area contributed by atoms with Crippen molar-refractivity contribution in [2.24, 2.45) is 0 Å². The number of hydrogen-bond acceptors (Lipinski definition) is 2. The van der Waals surface area contributed by atoms with Crippen molar-refractivity contribution in [1.82, 2.24) is 10.3 Å². The number of nitrogens with one attached hydrogen (secondary N) is 2. The highest BCUT2D eigenvalue weighted by Gasteiger charge is 2.27. The van der Waals surface area contributed by atoms with Gasteiger partial charge in [0, 0.05) is 23.0 Å². The molecule has 2 aromatic rings. The minimum Gasteiger partial charge on any atom is -0.363 e. The second-order valence-corrected chi connectivity index (χ2v) is 5.91. The van der Waals surface area contributed by atoms with Crippen LogP contribution in [-0.4, -0.2) is 10.9 Å². The van der Waals surface area contributed by atoms with Crippen LogP contribution in [0.1, 0.15) is 40.3 Å². The number of H-pyrrole nitrogens is 1. The molecule has 1 aromatic carbocycles. The van der Waals surface area contributed by atoms with E-state index in [4.69, 9.17) is 0 Å². The zero-order chi connectivity index (χ0) is 15.7. The van der Waals surface area contributed by atoms with Crippen LogP contribution in [0.5, 0.6) is 0 Å². The second kappa shape index (κ2) is 5.79. The SMILES string of the molecule is Cc1c[nH]c(CNC(=O)[C@@H]2CCc3ccccc32)c(C)c1=O. The molecular formula is C18H20N2O2. The van der Waals surface area contributed by atoms with Crippen LogP contribution in [0.4, 0.5) is 0 Å². The molecule has 1 aliphatic carbocycles. The summed E-state index contributed by atoms with van der Waals surface area (Å²) < 4.78 is 0. The predicted molar refractivity (Wildman–Crippen MR) is 85.9 cm³/mol. The molecule has 0 fully saturated rings. The molecule has 114 valence electrons. The van der Waals surface area contributed by atoms with Crippen LogP contribution < -0.4 is 10.7 Å². The molecule has 4 heteroatoms. The zero-order valence-corrected chi connectivity index (χ0v) is 12.9. The number of aromatic nitrogens is 1. The van der Waals surface area contributed by atoms with Gasteiger partial charge in [-0.2, -0.15) is 0 Å². The highest BCUT2D eigenvalue weighted by atomic mass is 16.1. The lowest BCUT2D eigenvalue weighted by atomic mass is 10.0. The topological polar surface area (TPSA) is 62.0 Å². The number of aryl methyl sites for hydroxylation is 2. The molecule has 1 atom stereocenters. The molecule has 1 aliphatic rings. The van der Waals surface area contributed by atoms with Crippen LogP contribution in [-0.2, 0) is 17.8 Å². The van der Waals surface area contributed by atoms with Gasteiger partial charge in [-0.3, -0.25) is 9.59 Å². The third kappa shape index (κ3) is 2.56. The average Bonchev–Trinajstić information content (AvgIpc) is 2.96. The molecule has 22 heavy (non-hydrogen) atoms. The Hall–Kier alpha value is -2.36. The molecule has 1 heterocycles. The van der Waals surface area contributed by atoms with Crippen molar-refractivity contribution >= 4 is 5.91 Å². The molecular weight excluding hydrogens is 276 g/mol. The van der Waals surface area contributed by atoms with Crippen LogP contribution in [0.25, 0.3) is 0 Å². The van der Waals surface area contributed by atoms with Crippen molar-refractivity contribution in [2.75, 3.05) is 0 Å². The summed E-state index contributed by atoms with van der Waals surface area (Å²) in [4.78, 5) is 27.5. The maximum absolute atomic E-state index is 12.4. The van der Waals surface area contributed by atoms with Gasteiger partial charge in [-0.05, 0) is 37.8 Å². The van der Waals surface area contributed by atoms with E-state index in [0.29, 0.717) is 17.7 Å². The van der Waals surface area contributed by atoms with Crippen LogP contribution in [0, 0.1) is 13.8 Å². The number of pyridine rings is 1. The van der Waals surface area contributed by atoms with E-state index in [0.717, 1.165) is 24.1 Å². The zero-order valence-electron chi connectivity index (χ0n) is 12.9. The van der Waals surface area contributed by atoms with Crippen LogP contribution in [0.3, 0.4) is 0 Å². The van der Waals surface area contributed by atoms with E-state index >= 15 is 0 Å². The van der Waals surface area contributed by atoms with Gasteiger partial charge in [0.05, 0.1) is 12.5 Å². The molecule has 0 spiro atoms. The molecule has 0 bridgehead atoms. The van der Waals surface area contributed by atoms with Gasteiger partial charge in [-0.25, -0.2) is 0 Å². The van der Waals surface area contributed by atoms with Gasteiger partial charge in [0.25, 0.3) is 0 Å². The monoisotopic (exact) mass is 296 g/mol. The van der Waals surface area contributed by atoms with Crippen LogP contribution >= 0.6 is 0 Å². The van der Waals surface area contributed by atoms with Gasteiger partial charge in [0.15, 0.2) is 5.43 Å². The standard InChI is InChI=1S/C18H20N2O2/c1-11-9-19-16(12(2)17(11)21)10-20-18(22)15-8-7-13-5-3-4-6-14(13)15/h3-6,9,15H,7-8,10H2,1-2H3,(H,19,21)(H,20,22)/t15-/m1/s1. The maximum Gasteiger partial charge on any atom is 0.227 e. The second-order valence-electron chi connectivity index (χ2n) is 5.91. The summed E-state index contributed by atoms with van der Waals surface area (Å²) in [7, 11) is 0. The maximum atomic E-state index is 12.4. The Bertz CT molecular complexity index is 777. The Morgan fingerprint density at radius 1 is 1.32 bits per heavy atom. The highest BCUT2D eigenvalue weighted by molar-refractivity contribution is 5.84. The number of rotatable bonds is 3. The minimum absolute atomic E-state index is 0.0331. The summed E-state index contributed by atoms with van der Waals surface area (Å²) in [5.41, 5.74) is 4.57. The first-order chi connectivity index (χ1) is 10.6. The first kappa shape index (κ1) is 14.6. The van der Waals surface area contributed by atoms with Crippen molar-refractivity contribution in [3.63, 3.8) is 0 Å². The third-order valence-corrected chi connectivity index (χ3v) is 4.50. The van der Waals surface area contributed by atoms with E-state index in [9.17, 15) is 9.59 Å². The smallest absolute Gasteiger partial charge is 0.227 e. The Balaban J connectivity index is 1.72. The lowest BCUT2D eigenvalue weighted by molar-refractivity contribution is -0.122. The summed E-state index contributed by atoms with van der Waals surface area (Å²) in [5, 5.41) is 2.96. The Kier molecular flexibility index (Phi) is 3.84. The number of hydrogen-bond donors (Lipinski definition) is 2. The van der Waals surface area contributed by atoms with E-state index in [1.165, 1.54) is 5.56 Å². The summed E-state index contributed by atoms with van der Waals surface area (Å²) in [5.74, 6) is -0.0422. The number of fused-ring (bicyclic) bond motifs is 1. The quantitative estimate of drug-likeness (QED) is 0.913. The van der Waals surface area contributed by atoms with Crippen molar-refractivity contribution < 1.29 is 4.79 Å². The number of carbonyl (C=O) groups excluding carboxylic acids is 1. The number of benzene rings is 1. The molecule has 2 N–H and O–H groups in total. The van der Waals surface area contributed by atoms with Gasteiger partial charge in [0.1, 0.15) is 0 Å². The molecule has 3 rings (SSSR count). The third-order valence-electron chi connectivity index (χ3n) is 4.50. The molecule has 0 saturated heterocycles. The van der Waals surface area contributed by atoms with Gasteiger partial charge in [0.2, 0.25) is 5.91 Å². The lowest BCUT2D eigenvalue weighted by Gasteiger charge is -2.13. The number of aromatic amines is 1. The molecule has 1 aromatic heterocycles. The summed E-state index contributed by atoms with van der Waals surface area (Å²) in [6, 6.07) is 8.11. The van der Waals surface area contributed by atoms with Crippen molar-refractivity contribution in [3.05, 3.63) is 68.6 Å². The van der Waals surface area contributed by atoms with Gasteiger partial charge in [-0.1, -0.05) is 24.3 Å². The van der Waals surface area contributed by atoms with E-state index in [2.05, 4.69) is 16.4 Å². The van der Waals surface area contributed by atoms with Crippen LogP contribution in [0.15, 0.2) is 35.3 Å². The Labute approximate surface area is 129 Å². The largest absolute Gasteiger partial charge is 0.363 e. The molecule has 0 aliphatic heterocycles. The molecule has 0 saturated carbocycles. The molecule has 1 amide bonds. The summed E-state index contributed by atoms with van der Waals surface area (Å²) >= 11 is 0. The predicted octanol–water partition coefficient (Wildman–Crippen LogP) is 2.34. The van der Waals surface area contributed by atoms with Crippen molar-refractivity contribution in [3.8, 4) is 0 Å². The van der Waals surface area contributed by atoms with Crippen LogP contribution in [0.2, 0.25) is 0 Å². The first-order valence-corrected chi connectivity index (χ1v) is 7.61. The van der Waals surface area contributed by atoms with Gasteiger partial charge < -0.3 is 10.3 Å². The molecule has 0 unspecified atom stereocenters. The van der Waals surface area contributed by atoms with Crippen molar-refractivity contribution in [1.29, 1.82) is 0 Å². The van der Waals surface area contributed by atoms with E-state index in [-0.39, 0.29) is 17.3 Å². The van der Waals surface area contributed by atoms with Gasteiger partial charge >= 0.3 is 0 Å². The average molecular weight is 296 g/mol. The lowest BCUT2D eigenvalue weighted by Crippen LogP contribution is -2.29. The number of amides is 1. The summed E-state index contributed by atoms with van der Waals surface area (Å²) in [6.45, 7) is 3.93.